The van der Waals surface area contributed by atoms with E-state index < -0.39 is 11.0 Å². The molecule has 7 nitrogen and oxygen atoms in total. The number of hydrogen-bond donors (Lipinski definition) is 1. The molecule has 0 saturated heterocycles. The van der Waals surface area contributed by atoms with Crippen molar-refractivity contribution < 1.29 is 14.5 Å². The molecular weight excluding hydrogens is 402 g/mol. The molecule has 2 rings (SSSR count). The van der Waals surface area contributed by atoms with Crippen LogP contribution in [0.4, 0.5) is 5.69 Å². The van der Waals surface area contributed by atoms with Gasteiger partial charge in [0.05, 0.1) is 10.7 Å². The first-order valence-corrected chi connectivity index (χ1v) is 10.9. The summed E-state index contributed by atoms with van der Waals surface area (Å²) in [7, 11) is 0. The highest BCUT2D eigenvalue weighted by molar-refractivity contribution is 7.99. The Labute approximate surface area is 181 Å². The summed E-state index contributed by atoms with van der Waals surface area (Å²) >= 11 is 1.42. The van der Waals surface area contributed by atoms with Crippen molar-refractivity contribution in [2.45, 2.75) is 39.1 Å². The topological polar surface area (TPSA) is 92.6 Å². The number of nitrogens with one attached hydrogen (secondary N) is 1. The van der Waals surface area contributed by atoms with Crippen LogP contribution < -0.4 is 5.32 Å². The Morgan fingerprint density at radius 3 is 2.27 bits per heavy atom. The van der Waals surface area contributed by atoms with Crippen molar-refractivity contribution in [3.05, 3.63) is 75.3 Å². The SMILES string of the molecule is CCNC(=O)[C@H](C)N(Cc1ccc(C)cc1)C(=O)CSCc1ccc([N+](=O)[O-])cc1. The molecule has 30 heavy (non-hydrogen) atoms. The number of likely N-dealkylation sites (N-methyl/N-ethyl adjacent to an activating group) is 1. The largest absolute Gasteiger partial charge is 0.355 e. The minimum absolute atomic E-state index is 0.0415. The van der Waals surface area contributed by atoms with Crippen molar-refractivity contribution >= 4 is 29.3 Å². The molecule has 1 atom stereocenters. The number of aryl methyl sites for hydroxylation is 1. The molecule has 0 heterocycles. The number of nitrogens with zero attached hydrogens (tertiary/aromatic N) is 2. The average molecular weight is 430 g/mol. The molecule has 0 saturated carbocycles. The van der Waals surface area contributed by atoms with Crippen LogP contribution in [-0.2, 0) is 21.9 Å². The fraction of sp³-hybridized carbons (Fsp3) is 0.364. The highest BCUT2D eigenvalue weighted by Gasteiger charge is 2.25. The van der Waals surface area contributed by atoms with Crippen molar-refractivity contribution in [1.82, 2.24) is 10.2 Å². The second kappa shape index (κ2) is 11.3. The lowest BCUT2D eigenvalue weighted by molar-refractivity contribution is -0.384. The normalized spacial score (nSPS) is 11.6. The van der Waals surface area contributed by atoms with E-state index in [9.17, 15) is 19.7 Å². The zero-order chi connectivity index (χ0) is 22.1. The van der Waals surface area contributed by atoms with E-state index in [1.807, 2.05) is 38.1 Å². The maximum Gasteiger partial charge on any atom is 0.269 e. The molecule has 2 aromatic rings. The highest BCUT2D eigenvalue weighted by atomic mass is 32.2. The summed E-state index contributed by atoms with van der Waals surface area (Å²) < 4.78 is 0. The van der Waals surface area contributed by atoms with E-state index in [-0.39, 0.29) is 23.3 Å². The Morgan fingerprint density at radius 1 is 1.10 bits per heavy atom. The maximum absolute atomic E-state index is 12.9. The van der Waals surface area contributed by atoms with Gasteiger partial charge in [-0.1, -0.05) is 42.0 Å². The van der Waals surface area contributed by atoms with Gasteiger partial charge < -0.3 is 10.2 Å². The van der Waals surface area contributed by atoms with E-state index in [0.717, 1.165) is 16.7 Å². The summed E-state index contributed by atoms with van der Waals surface area (Å²) in [5.74, 6) is 0.462. The Hall–Kier alpha value is -2.87. The Balaban J connectivity index is 2.02. The van der Waals surface area contributed by atoms with E-state index >= 15 is 0 Å². The molecule has 2 amide bonds. The fourth-order valence-electron chi connectivity index (χ4n) is 2.85. The van der Waals surface area contributed by atoms with Crippen LogP contribution in [0.25, 0.3) is 0 Å². The van der Waals surface area contributed by atoms with Gasteiger partial charge in [-0.25, -0.2) is 0 Å². The number of carbonyl (C=O) groups is 2. The summed E-state index contributed by atoms with van der Waals surface area (Å²) in [4.78, 5) is 37.2. The minimum Gasteiger partial charge on any atom is -0.355 e. The van der Waals surface area contributed by atoms with Crippen molar-refractivity contribution in [3.8, 4) is 0 Å². The van der Waals surface area contributed by atoms with E-state index in [1.54, 1.807) is 24.0 Å². The Bertz CT molecular complexity index is 869. The molecule has 0 bridgehead atoms. The predicted octanol–water partition coefficient (Wildman–Crippen LogP) is 3.69. The van der Waals surface area contributed by atoms with Gasteiger partial charge in [-0.3, -0.25) is 19.7 Å². The zero-order valence-electron chi connectivity index (χ0n) is 17.5. The van der Waals surface area contributed by atoms with Crippen LogP contribution in [0.1, 0.15) is 30.5 Å². The molecule has 2 aromatic carbocycles. The van der Waals surface area contributed by atoms with Gasteiger partial charge in [-0.15, -0.1) is 11.8 Å². The smallest absolute Gasteiger partial charge is 0.269 e. The number of rotatable bonds is 10. The first-order valence-electron chi connectivity index (χ1n) is 9.75. The van der Waals surface area contributed by atoms with Crippen LogP contribution in [0.2, 0.25) is 0 Å². The van der Waals surface area contributed by atoms with Crippen LogP contribution in [0, 0.1) is 17.0 Å². The van der Waals surface area contributed by atoms with Crippen LogP contribution in [-0.4, -0.2) is 40.0 Å². The van der Waals surface area contributed by atoms with Gasteiger partial charge in [0.15, 0.2) is 0 Å². The summed E-state index contributed by atoms with van der Waals surface area (Å²) in [5.41, 5.74) is 3.04. The van der Waals surface area contributed by atoms with E-state index in [0.29, 0.717) is 18.8 Å². The summed E-state index contributed by atoms with van der Waals surface area (Å²) in [5, 5.41) is 13.5. The Kier molecular flexibility index (Phi) is 8.86. The number of nitro groups is 1. The van der Waals surface area contributed by atoms with Gasteiger partial charge in [-0.2, -0.15) is 0 Å². The van der Waals surface area contributed by atoms with Crippen LogP contribution in [0.5, 0.6) is 0 Å². The number of nitro benzene ring substituents is 1. The third kappa shape index (κ3) is 6.88. The number of benzene rings is 2. The molecule has 0 radical (unpaired) electrons. The molecule has 0 unspecified atom stereocenters. The first-order chi connectivity index (χ1) is 14.3. The fourth-order valence-corrected chi connectivity index (χ4v) is 3.72. The van der Waals surface area contributed by atoms with Crippen molar-refractivity contribution in [3.63, 3.8) is 0 Å². The van der Waals surface area contributed by atoms with E-state index in [4.69, 9.17) is 0 Å². The monoisotopic (exact) mass is 429 g/mol. The number of carbonyl (C=O) groups excluding carboxylic acids is 2. The number of amides is 2. The van der Waals surface area contributed by atoms with Crippen molar-refractivity contribution in [2.24, 2.45) is 0 Å². The minimum atomic E-state index is -0.585. The third-order valence-electron chi connectivity index (χ3n) is 4.63. The molecule has 0 aliphatic heterocycles. The number of non-ortho nitro benzene ring substituents is 1. The van der Waals surface area contributed by atoms with Gasteiger partial charge in [0.25, 0.3) is 5.69 Å². The molecule has 0 aliphatic carbocycles. The quantitative estimate of drug-likeness (QED) is 0.459. The molecule has 0 aliphatic rings. The van der Waals surface area contributed by atoms with Crippen molar-refractivity contribution in [1.29, 1.82) is 0 Å². The zero-order valence-corrected chi connectivity index (χ0v) is 18.3. The average Bonchev–Trinajstić information content (AvgIpc) is 2.73. The summed E-state index contributed by atoms with van der Waals surface area (Å²) in [6.07, 6.45) is 0. The highest BCUT2D eigenvalue weighted by Crippen LogP contribution is 2.18. The lowest BCUT2D eigenvalue weighted by Crippen LogP contribution is -2.48. The summed E-state index contributed by atoms with van der Waals surface area (Å²) in [6, 6.07) is 13.6. The molecule has 160 valence electrons. The van der Waals surface area contributed by atoms with Crippen LogP contribution in [0.3, 0.4) is 0 Å². The van der Waals surface area contributed by atoms with Crippen molar-refractivity contribution in [2.75, 3.05) is 12.3 Å². The van der Waals surface area contributed by atoms with Gasteiger partial charge >= 0.3 is 0 Å². The predicted molar refractivity (Wildman–Crippen MR) is 119 cm³/mol. The maximum atomic E-state index is 12.9. The lowest BCUT2D eigenvalue weighted by atomic mass is 10.1. The van der Waals surface area contributed by atoms with Gasteiger partial charge in [0.2, 0.25) is 11.8 Å². The second-order valence-corrected chi connectivity index (χ2v) is 7.98. The Morgan fingerprint density at radius 2 is 1.70 bits per heavy atom. The third-order valence-corrected chi connectivity index (χ3v) is 5.62. The number of thioether (sulfide) groups is 1. The molecule has 8 heteroatoms. The molecule has 0 spiro atoms. The van der Waals surface area contributed by atoms with Gasteiger partial charge in [-0.05, 0) is 31.9 Å². The second-order valence-electron chi connectivity index (χ2n) is 6.99. The molecule has 0 aromatic heterocycles. The van der Waals surface area contributed by atoms with Crippen LogP contribution >= 0.6 is 11.8 Å². The van der Waals surface area contributed by atoms with Gasteiger partial charge in [0.1, 0.15) is 6.04 Å². The molecular formula is C22H27N3O4S. The van der Waals surface area contributed by atoms with Crippen LogP contribution in [0.15, 0.2) is 48.5 Å². The van der Waals surface area contributed by atoms with Gasteiger partial charge in [0, 0.05) is 31.0 Å². The van der Waals surface area contributed by atoms with E-state index in [2.05, 4.69) is 5.32 Å². The van der Waals surface area contributed by atoms with E-state index in [1.165, 1.54) is 23.9 Å². The lowest BCUT2D eigenvalue weighted by Gasteiger charge is -2.28. The molecule has 1 N–H and O–H groups in total. The first kappa shape index (κ1) is 23.4. The molecule has 0 fully saturated rings. The number of hydrogen-bond acceptors (Lipinski definition) is 5. The summed E-state index contributed by atoms with van der Waals surface area (Å²) in [6.45, 7) is 6.44. The standard InChI is InChI=1S/C22H27N3O4S/c1-4-23-22(27)17(3)24(13-18-7-5-16(2)6-8-18)21(26)15-30-14-19-9-11-20(12-10-19)25(28)29/h5-12,17H,4,13-15H2,1-3H3,(H,23,27)/t17-/m0/s1.